The van der Waals surface area contributed by atoms with Gasteiger partial charge < -0.3 is 5.32 Å². The zero-order chi connectivity index (χ0) is 19.3. The Kier molecular flexibility index (Phi) is 4.38. The van der Waals surface area contributed by atoms with E-state index in [2.05, 4.69) is 15.7 Å². The standard InChI is InChI=1S/C22H27ClN4O/c1-14-5-20(26-27(14)13-15-3-2-4-19(23)9-15)24-21(28)25-22-10-16-6-17(11-22)8-18(7-16)12-22/h2-5,9,16-18H,6-8,10-13H2,1H3,(H2,24,25,26,28). The molecule has 0 atom stereocenters. The SMILES string of the molecule is Cc1cc(NC(=O)NC23CC4CC(CC(C4)C2)C3)nn1Cc1cccc(Cl)c1. The van der Waals surface area contributed by atoms with Crippen molar-refractivity contribution in [2.75, 3.05) is 5.32 Å². The first-order chi connectivity index (χ1) is 13.5. The van der Waals surface area contributed by atoms with E-state index in [0.29, 0.717) is 12.4 Å². The lowest BCUT2D eigenvalue weighted by Gasteiger charge is -2.56. The van der Waals surface area contributed by atoms with E-state index in [1.807, 2.05) is 41.9 Å². The summed E-state index contributed by atoms with van der Waals surface area (Å²) in [6.07, 6.45) is 7.55. The van der Waals surface area contributed by atoms with E-state index in [-0.39, 0.29) is 11.6 Å². The molecule has 4 saturated carbocycles. The van der Waals surface area contributed by atoms with E-state index in [9.17, 15) is 4.79 Å². The van der Waals surface area contributed by atoms with Crippen molar-refractivity contribution in [3.05, 3.63) is 46.6 Å². The summed E-state index contributed by atoms with van der Waals surface area (Å²) >= 11 is 6.08. The third-order valence-corrected chi connectivity index (χ3v) is 7.10. The summed E-state index contributed by atoms with van der Waals surface area (Å²) in [5, 5.41) is 11.6. The summed E-state index contributed by atoms with van der Waals surface area (Å²) in [5.41, 5.74) is 2.10. The summed E-state index contributed by atoms with van der Waals surface area (Å²) in [7, 11) is 0. The lowest BCUT2D eigenvalue weighted by atomic mass is 9.53. The van der Waals surface area contributed by atoms with Crippen LogP contribution in [-0.4, -0.2) is 21.4 Å². The largest absolute Gasteiger partial charge is 0.332 e. The molecule has 4 fully saturated rings. The normalized spacial score (nSPS) is 30.4. The Balaban J connectivity index is 1.25. The zero-order valence-corrected chi connectivity index (χ0v) is 17.0. The van der Waals surface area contributed by atoms with E-state index in [0.717, 1.165) is 53.3 Å². The van der Waals surface area contributed by atoms with E-state index in [4.69, 9.17) is 11.6 Å². The molecule has 6 rings (SSSR count). The molecule has 1 aromatic heterocycles. The fourth-order valence-corrected chi connectivity index (χ4v) is 6.40. The maximum atomic E-state index is 12.7. The van der Waals surface area contributed by atoms with Crippen LogP contribution in [0.3, 0.4) is 0 Å². The van der Waals surface area contributed by atoms with Crippen molar-refractivity contribution < 1.29 is 4.79 Å². The van der Waals surface area contributed by atoms with Gasteiger partial charge in [0, 0.05) is 22.3 Å². The number of amides is 2. The highest BCUT2D eigenvalue weighted by Gasteiger charge is 2.51. The predicted molar refractivity (Wildman–Crippen MR) is 111 cm³/mol. The van der Waals surface area contributed by atoms with Crippen molar-refractivity contribution in [2.45, 2.75) is 57.5 Å². The van der Waals surface area contributed by atoms with Crippen molar-refractivity contribution >= 4 is 23.4 Å². The molecule has 0 unspecified atom stereocenters. The van der Waals surface area contributed by atoms with Crippen LogP contribution in [0.2, 0.25) is 5.02 Å². The molecule has 0 saturated heterocycles. The molecule has 4 aliphatic carbocycles. The number of hydrogen-bond acceptors (Lipinski definition) is 2. The molecular formula is C22H27ClN4O. The Morgan fingerprint density at radius 1 is 1.18 bits per heavy atom. The lowest BCUT2D eigenvalue weighted by molar-refractivity contribution is -0.0127. The number of nitrogens with one attached hydrogen (secondary N) is 2. The highest BCUT2D eigenvalue weighted by Crippen LogP contribution is 2.55. The first-order valence-electron chi connectivity index (χ1n) is 10.3. The average molecular weight is 399 g/mol. The molecule has 2 amide bonds. The predicted octanol–water partition coefficient (Wildman–Crippen LogP) is 4.98. The maximum Gasteiger partial charge on any atom is 0.320 e. The Hall–Kier alpha value is -2.01. The third-order valence-electron chi connectivity index (χ3n) is 6.86. The van der Waals surface area contributed by atoms with Crippen LogP contribution in [0.5, 0.6) is 0 Å². The molecule has 6 heteroatoms. The van der Waals surface area contributed by atoms with Gasteiger partial charge in [-0.2, -0.15) is 5.10 Å². The second-order valence-corrected chi connectivity index (χ2v) is 9.67. The van der Waals surface area contributed by atoms with Gasteiger partial charge in [0.25, 0.3) is 0 Å². The molecule has 4 aliphatic rings. The highest BCUT2D eigenvalue weighted by molar-refractivity contribution is 6.30. The number of anilines is 1. The molecule has 0 aliphatic heterocycles. The maximum absolute atomic E-state index is 12.7. The molecule has 1 heterocycles. The van der Waals surface area contributed by atoms with Crippen molar-refractivity contribution in [1.29, 1.82) is 0 Å². The summed E-state index contributed by atoms with van der Waals surface area (Å²) in [6.45, 7) is 2.63. The molecule has 5 nitrogen and oxygen atoms in total. The number of aromatic nitrogens is 2. The second-order valence-electron chi connectivity index (χ2n) is 9.24. The van der Waals surface area contributed by atoms with Gasteiger partial charge in [0.2, 0.25) is 0 Å². The van der Waals surface area contributed by atoms with Crippen LogP contribution in [0.25, 0.3) is 0 Å². The highest BCUT2D eigenvalue weighted by atomic mass is 35.5. The van der Waals surface area contributed by atoms with Crippen LogP contribution in [0.1, 0.15) is 49.8 Å². The number of halogens is 1. The Morgan fingerprint density at radius 3 is 2.50 bits per heavy atom. The number of carbonyl (C=O) groups excluding carboxylic acids is 1. The minimum Gasteiger partial charge on any atom is -0.332 e. The molecule has 2 aromatic rings. The quantitative estimate of drug-likeness (QED) is 0.762. The molecule has 0 spiro atoms. The van der Waals surface area contributed by atoms with Crippen molar-refractivity contribution in [2.24, 2.45) is 17.8 Å². The van der Waals surface area contributed by atoms with E-state index >= 15 is 0 Å². The average Bonchev–Trinajstić information content (AvgIpc) is 2.92. The van der Waals surface area contributed by atoms with Crippen LogP contribution in [0.15, 0.2) is 30.3 Å². The first-order valence-corrected chi connectivity index (χ1v) is 10.7. The van der Waals surface area contributed by atoms with Crippen LogP contribution in [0.4, 0.5) is 10.6 Å². The van der Waals surface area contributed by atoms with E-state index in [1.54, 1.807) is 0 Å². The monoisotopic (exact) mass is 398 g/mol. The molecule has 0 radical (unpaired) electrons. The summed E-state index contributed by atoms with van der Waals surface area (Å²) < 4.78 is 1.89. The van der Waals surface area contributed by atoms with Gasteiger partial charge in [-0.15, -0.1) is 0 Å². The van der Waals surface area contributed by atoms with E-state index in [1.165, 1.54) is 19.3 Å². The van der Waals surface area contributed by atoms with E-state index < -0.39 is 0 Å². The second kappa shape index (κ2) is 6.80. The number of hydrogen-bond donors (Lipinski definition) is 2. The number of benzene rings is 1. The van der Waals surface area contributed by atoms with Gasteiger partial charge in [-0.3, -0.25) is 10.00 Å². The summed E-state index contributed by atoms with van der Waals surface area (Å²) in [4.78, 5) is 12.7. The minimum atomic E-state index is -0.116. The van der Waals surface area contributed by atoms with Crippen molar-refractivity contribution in [3.63, 3.8) is 0 Å². The number of nitrogens with zero attached hydrogens (tertiary/aromatic N) is 2. The number of carbonyl (C=O) groups is 1. The molecular weight excluding hydrogens is 372 g/mol. The fraction of sp³-hybridized carbons (Fsp3) is 0.545. The molecule has 148 valence electrons. The Morgan fingerprint density at radius 2 is 1.86 bits per heavy atom. The number of urea groups is 1. The van der Waals surface area contributed by atoms with Crippen LogP contribution < -0.4 is 10.6 Å². The number of aryl methyl sites for hydroxylation is 1. The molecule has 4 bridgehead atoms. The Labute approximate surface area is 170 Å². The van der Waals surface area contributed by atoms with Gasteiger partial charge >= 0.3 is 6.03 Å². The van der Waals surface area contributed by atoms with Gasteiger partial charge in [-0.05, 0) is 80.9 Å². The lowest BCUT2D eigenvalue weighted by Crippen LogP contribution is -2.60. The summed E-state index contributed by atoms with van der Waals surface area (Å²) in [6, 6.07) is 9.57. The van der Waals surface area contributed by atoms with Crippen LogP contribution >= 0.6 is 11.6 Å². The minimum absolute atomic E-state index is 0.0111. The third kappa shape index (κ3) is 3.52. The number of rotatable bonds is 4. The molecule has 1 aromatic carbocycles. The molecule has 2 N–H and O–H groups in total. The Bertz CT molecular complexity index is 870. The summed E-state index contributed by atoms with van der Waals surface area (Å²) in [5.74, 6) is 3.03. The fourth-order valence-electron chi connectivity index (χ4n) is 6.19. The van der Waals surface area contributed by atoms with Crippen molar-refractivity contribution in [1.82, 2.24) is 15.1 Å². The zero-order valence-electron chi connectivity index (χ0n) is 16.2. The van der Waals surface area contributed by atoms with Gasteiger partial charge in [0.05, 0.1) is 6.54 Å². The smallest absolute Gasteiger partial charge is 0.320 e. The van der Waals surface area contributed by atoms with Gasteiger partial charge in [0.1, 0.15) is 0 Å². The molecule has 28 heavy (non-hydrogen) atoms. The van der Waals surface area contributed by atoms with Crippen LogP contribution in [-0.2, 0) is 6.54 Å². The van der Waals surface area contributed by atoms with Gasteiger partial charge in [-0.1, -0.05) is 23.7 Å². The van der Waals surface area contributed by atoms with Crippen LogP contribution in [0, 0.1) is 24.7 Å². The topological polar surface area (TPSA) is 59.0 Å². The first kappa shape index (κ1) is 18.0. The van der Waals surface area contributed by atoms with Crippen molar-refractivity contribution in [3.8, 4) is 0 Å². The van der Waals surface area contributed by atoms with Gasteiger partial charge in [-0.25, -0.2) is 4.79 Å². The van der Waals surface area contributed by atoms with Gasteiger partial charge in [0.15, 0.2) is 5.82 Å².